The molecule has 0 aliphatic carbocycles. The van der Waals surface area contributed by atoms with Crippen LogP contribution in [-0.4, -0.2) is 21.0 Å². The smallest absolute Gasteiger partial charge is 0.288 e. The van der Waals surface area contributed by atoms with E-state index in [1.54, 1.807) is 24.3 Å². The van der Waals surface area contributed by atoms with E-state index in [1.165, 1.54) is 12.3 Å². The Morgan fingerprint density at radius 3 is 2.24 bits per heavy atom. The Hall–Kier alpha value is -0.890. The average Bonchev–Trinajstić information content (AvgIpc) is 3.04. The minimum atomic E-state index is -1.90. The van der Waals surface area contributed by atoms with E-state index in [1.807, 2.05) is 0 Å². The summed E-state index contributed by atoms with van der Waals surface area (Å²) in [6.45, 7) is 0. The third-order valence-corrected chi connectivity index (χ3v) is 4.33. The molecule has 2 aromatic rings. The lowest BCUT2D eigenvalue weighted by molar-refractivity contribution is 0.0906. The number of rotatable bonds is 4. The number of furan rings is 1. The van der Waals surface area contributed by atoms with Crippen molar-refractivity contribution in [3.63, 3.8) is 0 Å². The van der Waals surface area contributed by atoms with Crippen LogP contribution in [0.3, 0.4) is 0 Å². The van der Waals surface area contributed by atoms with Crippen molar-refractivity contribution in [2.24, 2.45) is 0 Å². The summed E-state index contributed by atoms with van der Waals surface area (Å²) in [6, 6.07) is 7.95. The van der Waals surface area contributed by atoms with Gasteiger partial charge in [0.25, 0.3) is 5.91 Å². The highest BCUT2D eigenvalue weighted by molar-refractivity contribution is 7.80. The first-order valence-electron chi connectivity index (χ1n) is 6.61. The van der Waals surface area contributed by atoms with Crippen LogP contribution in [0.15, 0.2) is 41.0 Å². The van der Waals surface area contributed by atoms with Gasteiger partial charge in [0.1, 0.15) is 6.17 Å². The number of carbonyl (C=O) groups is 1. The van der Waals surface area contributed by atoms with Crippen LogP contribution in [0.2, 0.25) is 10.0 Å². The first kappa shape index (κ1) is 20.4. The van der Waals surface area contributed by atoms with E-state index in [0.717, 1.165) is 0 Å². The molecule has 1 amide bonds. The fraction of sp³-hybridized carbons (Fsp3) is 0.143. The third-order valence-electron chi connectivity index (χ3n) is 2.82. The van der Waals surface area contributed by atoms with Crippen molar-refractivity contribution in [1.29, 1.82) is 0 Å². The quantitative estimate of drug-likeness (QED) is 0.340. The van der Waals surface area contributed by atoms with Gasteiger partial charge in [-0.05, 0) is 36.5 Å². The molecule has 1 aromatic heterocycles. The predicted octanol–water partition coefficient (Wildman–Crippen LogP) is 5.00. The number of thiocarbonyl (C=S) groups is 1. The van der Waals surface area contributed by atoms with Gasteiger partial charge in [-0.25, -0.2) is 0 Å². The van der Waals surface area contributed by atoms with E-state index in [9.17, 15) is 4.79 Å². The summed E-state index contributed by atoms with van der Waals surface area (Å²) in [5.74, 6) is -0.540. The Morgan fingerprint density at radius 2 is 1.72 bits per heavy atom. The zero-order chi connectivity index (χ0) is 18.6. The standard InChI is InChI=1S/C14H10Cl5N3O2S/c15-7-3-1-4-8(16)10(7)20-13(25)22-12(14(17,18)19)21-11(23)9-5-2-6-24-9/h1-6,12H,(H,21,23)(H2,20,22,25)/t12-/m1/s1. The summed E-state index contributed by atoms with van der Waals surface area (Å²) in [4.78, 5) is 12.1. The van der Waals surface area contributed by atoms with E-state index < -0.39 is 15.9 Å². The summed E-state index contributed by atoms with van der Waals surface area (Å²) in [7, 11) is 0. The third kappa shape index (κ3) is 5.81. The van der Waals surface area contributed by atoms with Gasteiger partial charge in [-0.1, -0.05) is 64.1 Å². The lowest BCUT2D eigenvalue weighted by atomic mass is 10.3. The van der Waals surface area contributed by atoms with Crippen LogP contribution in [0.5, 0.6) is 0 Å². The summed E-state index contributed by atoms with van der Waals surface area (Å²) < 4.78 is 3.08. The molecule has 1 atom stereocenters. The van der Waals surface area contributed by atoms with Crippen LogP contribution in [0, 0.1) is 0 Å². The van der Waals surface area contributed by atoms with Crippen LogP contribution in [0.4, 0.5) is 5.69 Å². The molecule has 0 aliphatic heterocycles. The van der Waals surface area contributed by atoms with Gasteiger partial charge in [0, 0.05) is 0 Å². The van der Waals surface area contributed by atoms with Crippen molar-refractivity contribution in [2.75, 3.05) is 5.32 Å². The summed E-state index contributed by atoms with van der Waals surface area (Å²) in [6.07, 6.45) is 0.189. The lowest BCUT2D eigenvalue weighted by Gasteiger charge is -2.27. The lowest BCUT2D eigenvalue weighted by Crippen LogP contribution is -2.56. The average molecular weight is 462 g/mol. The number of halogens is 5. The van der Waals surface area contributed by atoms with Crippen molar-refractivity contribution in [1.82, 2.24) is 10.6 Å². The van der Waals surface area contributed by atoms with Gasteiger partial charge >= 0.3 is 0 Å². The minimum absolute atomic E-state index is 0.0334. The first-order valence-corrected chi connectivity index (χ1v) is 8.91. The number of benzene rings is 1. The molecular weight excluding hydrogens is 452 g/mol. The molecular formula is C14H10Cl5N3O2S. The second-order valence-electron chi connectivity index (χ2n) is 4.62. The number of hydrogen-bond acceptors (Lipinski definition) is 3. The molecule has 0 fully saturated rings. The molecule has 2 rings (SSSR count). The Balaban J connectivity index is 2.09. The highest BCUT2D eigenvalue weighted by Crippen LogP contribution is 2.31. The van der Waals surface area contributed by atoms with E-state index in [4.69, 9.17) is 74.6 Å². The van der Waals surface area contributed by atoms with Crippen molar-refractivity contribution in [2.45, 2.75) is 9.96 Å². The number of alkyl halides is 3. The highest BCUT2D eigenvalue weighted by atomic mass is 35.6. The molecule has 0 aliphatic rings. The summed E-state index contributed by atoms with van der Waals surface area (Å²) in [5.41, 5.74) is 0.378. The molecule has 0 saturated carbocycles. The number of para-hydroxylation sites is 1. The van der Waals surface area contributed by atoms with E-state index in [2.05, 4.69) is 16.0 Å². The van der Waals surface area contributed by atoms with Crippen molar-refractivity contribution in [3.8, 4) is 0 Å². The van der Waals surface area contributed by atoms with Gasteiger partial charge in [-0.3, -0.25) is 4.79 Å². The van der Waals surface area contributed by atoms with E-state index in [-0.39, 0.29) is 10.9 Å². The first-order chi connectivity index (χ1) is 11.7. The normalized spacial score (nSPS) is 12.4. The SMILES string of the molecule is O=C(N[C@H](NC(=S)Nc1c(Cl)cccc1Cl)C(Cl)(Cl)Cl)c1ccco1. The molecule has 0 bridgehead atoms. The predicted molar refractivity (Wildman–Crippen MR) is 106 cm³/mol. The number of carbonyl (C=O) groups excluding carboxylic acids is 1. The summed E-state index contributed by atoms with van der Waals surface area (Å²) in [5, 5.41) is 8.68. The van der Waals surface area contributed by atoms with Gasteiger partial charge < -0.3 is 20.4 Å². The summed E-state index contributed by atoms with van der Waals surface area (Å²) >= 11 is 35.0. The van der Waals surface area contributed by atoms with Crippen molar-refractivity contribution >= 4 is 86.9 Å². The maximum absolute atomic E-state index is 12.1. The Morgan fingerprint density at radius 1 is 1.08 bits per heavy atom. The molecule has 0 radical (unpaired) electrons. The Bertz CT molecular complexity index is 744. The van der Waals surface area contributed by atoms with Gasteiger partial charge in [-0.2, -0.15) is 0 Å². The number of amides is 1. The zero-order valence-electron chi connectivity index (χ0n) is 12.2. The monoisotopic (exact) mass is 459 g/mol. The van der Waals surface area contributed by atoms with Crippen LogP contribution in [-0.2, 0) is 0 Å². The second kappa shape index (κ2) is 8.66. The zero-order valence-corrected chi connectivity index (χ0v) is 16.8. The van der Waals surface area contributed by atoms with Gasteiger partial charge in [0.15, 0.2) is 10.9 Å². The van der Waals surface area contributed by atoms with E-state index in [0.29, 0.717) is 15.7 Å². The van der Waals surface area contributed by atoms with E-state index >= 15 is 0 Å². The number of anilines is 1. The molecule has 134 valence electrons. The largest absolute Gasteiger partial charge is 0.459 e. The number of nitrogens with one attached hydrogen (secondary N) is 3. The molecule has 1 aromatic carbocycles. The van der Waals surface area contributed by atoms with Crippen LogP contribution in [0.1, 0.15) is 10.6 Å². The second-order valence-corrected chi connectivity index (χ2v) is 8.21. The van der Waals surface area contributed by atoms with Crippen LogP contribution < -0.4 is 16.0 Å². The van der Waals surface area contributed by atoms with Crippen molar-refractivity contribution < 1.29 is 9.21 Å². The topological polar surface area (TPSA) is 66.3 Å². The molecule has 1 heterocycles. The maximum atomic E-state index is 12.1. The van der Waals surface area contributed by atoms with Gasteiger partial charge in [0.2, 0.25) is 3.79 Å². The molecule has 25 heavy (non-hydrogen) atoms. The van der Waals surface area contributed by atoms with Gasteiger partial charge in [0.05, 0.1) is 22.0 Å². The fourth-order valence-corrected chi connectivity index (χ4v) is 2.75. The van der Waals surface area contributed by atoms with Crippen molar-refractivity contribution in [3.05, 3.63) is 52.4 Å². The van der Waals surface area contributed by atoms with Crippen LogP contribution >= 0.6 is 70.2 Å². The molecule has 0 saturated heterocycles. The molecule has 5 nitrogen and oxygen atoms in total. The fourth-order valence-electron chi connectivity index (χ4n) is 1.71. The highest BCUT2D eigenvalue weighted by Gasteiger charge is 2.35. The maximum Gasteiger partial charge on any atom is 0.288 e. The van der Waals surface area contributed by atoms with Crippen LogP contribution in [0.25, 0.3) is 0 Å². The number of hydrogen-bond donors (Lipinski definition) is 3. The Kier molecular flexibility index (Phi) is 7.08. The molecule has 3 N–H and O–H groups in total. The molecule has 11 heteroatoms. The molecule has 0 spiro atoms. The molecule has 0 unspecified atom stereocenters. The van der Waals surface area contributed by atoms with Gasteiger partial charge in [-0.15, -0.1) is 0 Å². The Labute approximate surface area is 173 Å². The minimum Gasteiger partial charge on any atom is -0.459 e.